The molecule has 0 heterocycles. The first-order chi connectivity index (χ1) is 6.00. The molecule has 0 amide bonds. The van der Waals surface area contributed by atoms with E-state index in [1.807, 2.05) is 13.8 Å². The normalized spacial score (nSPS) is 14.5. The summed E-state index contributed by atoms with van der Waals surface area (Å²) in [6, 6.07) is 0. The summed E-state index contributed by atoms with van der Waals surface area (Å²) in [5.74, 6) is 0. The highest BCUT2D eigenvalue weighted by atomic mass is 16.3. The Balaban J connectivity index is 3.41. The third kappa shape index (κ3) is 6.02. The second kappa shape index (κ2) is 6.35. The number of nitrogens with one attached hydrogen (secondary N) is 1. The van der Waals surface area contributed by atoms with Crippen LogP contribution < -0.4 is 5.32 Å². The fourth-order valence-electron chi connectivity index (χ4n) is 0.972. The van der Waals surface area contributed by atoms with E-state index in [1.165, 1.54) is 0 Å². The van der Waals surface area contributed by atoms with Gasteiger partial charge >= 0.3 is 0 Å². The third-order valence-corrected chi connectivity index (χ3v) is 2.46. The van der Waals surface area contributed by atoms with E-state index < -0.39 is 0 Å². The summed E-state index contributed by atoms with van der Waals surface area (Å²) in [5, 5.41) is 21.2. The van der Waals surface area contributed by atoms with Crippen LogP contribution in [0.5, 0.6) is 0 Å². The van der Waals surface area contributed by atoms with Gasteiger partial charge in [-0.15, -0.1) is 0 Å². The minimum Gasteiger partial charge on any atom is -0.396 e. The Morgan fingerprint density at radius 3 is 2.31 bits per heavy atom. The summed E-state index contributed by atoms with van der Waals surface area (Å²) < 4.78 is 0. The van der Waals surface area contributed by atoms with Crippen LogP contribution in [0.2, 0.25) is 0 Å². The fourth-order valence-corrected chi connectivity index (χ4v) is 0.972. The minimum absolute atomic E-state index is 0.209. The van der Waals surface area contributed by atoms with Crippen molar-refractivity contribution < 1.29 is 10.2 Å². The molecule has 3 nitrogen and oxygen atoms in total. The molecule has 0 rings (SSSR count). The number of unbranched alkanes of at least 4 members (excludes halogenated alkanes) is 2. The van der Waals surface area contributed by atoms with Crippen LogP contribution in [-0.4, -0.2) is 35.0 Å². The smallest absolute Gasteiger partial charge is 0.0688 e. The summed E-state index contributed by atoms with van der Waals surface area (Å²) in [4.78, 5) is 0. The standard InChI is InChI=1S/C10H23NO2/c1-9(13)10(2,3)11-7-5-4-6-8-12/h9,11-13H,4-8H2,1-3H3. The summed E-state index contributed by atoms with van der Waals surface area (Å²) in [6.45, 7) is 6.95. The second-order valence-electron chi connectivity index (χ2n) is 4.11. The Bertz CT molecular complexity index is 124. The van der Waals surface area contributed by atoms with Crippen molar-refractivity contribution in [1.82, 2.24) is 5.32 Å². The molecule has 0 spiro atoms. The van der Waals surface area contributed by atoms with Crippen molar-refractivity contribution in [1.29, 1.82) is 0 Å². The molecule has 0 saturated carbocycles. The zero-order valence-corrected chi connectivity index (χ0v) is 9.01. The van der Waals surface area contributed by atoms with Crippen LogP contribution in [0.15, 0.2) is 0 Å². The van der Waals surface area contributed by atoms with Crippen LogP contribution in [-0.2, 0) is 0 Å². The monoisotopic (exact) mass is 189 g/mol. The molecule has 3 N–H and O–H groups in total. The number of rotatable bonds is 7. The highest BCUT2D eigenvalue weighted by Crippen LogP contribution is 2.08. The molecule has 80 valence electrons. The lowest BCUT2D eigenvalue weighted by atomic mass is 9.98. The summed E-state index contributed by atoms with van der Waals surface area (Å²) in [6.07, 6.45) is 2.62. The second-order valence-corrected chi connectivity index (χ2v) is 4.11. The van der Waals surface area contributed by atoms with Crippen LogP contribution in [0.3, 0.4) is 0 Å². The highest BCUT2D eigenvalue weighted by molar-refractivity contribution is 4.82. The number of hydrogen-bond acceptors (Lipinski definition) is 3. The molecule has 0 aromatic carbocycles. The van der Waals surface area contributed by atoms with E-state index in [0.29, 0.717) is 0 Å². The molecule has 13 heavy (non-hydrogen) atoms. The van der Waals surface area contributed by atoms with Gasteiger partial charge in [-0.05, 0) is 46.6 Å². The van der Waals surface area contributed by atoms with Gasteiger partial charge in [0.05, 0.1) is 6.10 Å². The molecular formula is C10H23NO2. The number of hydrogen-bond donors (Lipinski definition) is 3. The zero-order chi connectivity index (χ0) is 10.3. The number of aliphatic hydroxyl groups excluding tert-OH is 2. The number of aliphatic hydroxyl groups is 2. The van der Waals surface area contributed by atoms with E-state index >= 15 is 0 Å². The third-order valence-electron chi connectivity index (χ3n) is 2.46. The largest absolute Gasteiger partial charge is 0.396 e. The SMILES string of the molecule is CC(O)C(C)(C)NCCCCCO. The molecule has 0 radical (unpaired) electrons. The van der Waals surface area contributed by atoms with Crippen molar-refractivity contribution in [2.24, 2.45) is 0 Å². The lowest BCUT2D eigenvalue weighted by Gasteiger charge is -2.29. The van der Waals surface area contributed by atoms with Crippen molar-refractivity contribution in [3.8, 4) is 0 Å². The lowest BCUT2D eigenvalue weighted by Crippen LogP contribution is -2.48. The molecule has 0 aliphatic heterocycles. The van der Waals surface area contributed by atoms with Crippen LogP contribution in [0, 0.1) is 0 Å². The van der Waals surface area contributed by atoms with Gasteiger partial charge < -0.3 is 15.5 Å². The molecule has 0 aliphatic rings. The van der Waals surface area contributed by atoms with Crippen LogP contribution >= 0.6 is 0 Å². The van der Waals surface area contributed by atoms with Crippen molar-refractivity contribution in [3.05, 3.63) is 0 Å². The molecule has 0 bridgehead atoms. The van der Waals surface area contributed by atoms with E-state index in [0.717, 1.165) is 25.8 Å². The molecule has 0 aromatic heterocycles. The topological polar surface area (TPSA) is 52.5 Å². The predicted molar refractivity (Wildman–Crippen MR) is 54.7 cm³/mol. The highest BCUT2D eigenvalue weighted by Gasteiger charge is 2.22. The first-order valence-electron chi connectivity index (χ1n) is 5.04. The van der Waals surface area contributed by atoms with Crippen LogP contribution in [0.1, 0.15) is 40.0 Å². The van der Waals surface area contributed by atoms with Crippen molar-refractivity contribution in [2.45, 2.75) is 51.7 Å². The maximum Gasteiger partial charge on any atom is 0.0688 e. The lowest BCUT2D eigenvalue weighted by molar-refractivity contribution is 0.0965. The maximum atomic E-state index is 9.38. The van der Waals surface area contributed by atoms with E-state index in [9.17, 15) is 5.11 Å². The summed E-state index contributed by atoms with van der Waals surface area (Å²) in [7, 11) is 0. The minimum atomic E-state index is -0.342. The Morgan fingerprint density at radius 2 is 1.85 bits per heavy atom. The molecule has 3 heteroatoms. The molecule has 1 unspecified atom stereocenters. The van der Waals surface area contributed by atoms with Crippen LogP contribution in [0.4, 0.5) is 0 Å². The van der Waals surface area contributed by atoms with Gasteiger partial charge in [0.2, 0.25) is 0 Å². The molecule has 0 aliphatic carbocycles. The van der Waals surface area contributed by atoms with Crippen LogP contribution in [0.25, 0.3) is 0 Å². The first kappa shape index (κ1) is 12.9. The van der Waals surface area contributed by atoms with Gasteiger partial charge in [-0.2, -0.15) is 0 Å². The molecular weight excluding hydrogens is 166 g/mol. The zero-order valence-electron chi connectivity index (χ0n) is 9.01. The average molecular weight is 189 g/mol. The van der Waals surface area contributed by atoms with E-state index in [1.54, 1.807) is 6.92 Å². The molecule has 0 saturated heterocycles. The van der Waals surface area contributed by atoms with E-state index in [2.05, 4.69) is 5.32 Å². The Hall–Kier alpha value is -0.120. The van der Waals surface area contributed by atoms with Gasteiger partial charge in [0.1, 0.15) is 0 Å². The van der Waals surface area contributed by atoms with Crippen molar-refractivity contribution in [3.63, 3.8) is 0 Å². The Kier molecular flexibility index (Phi) is 6.29. The van der Waals surface area contributed by atoms with Gasteiger partial charge in [0, 0.05) is 12.1 Å². The Labute approximate surface area is 81.2 Å². The van der Waals surface area contributed by atoms with Gasteiger partial charge in [0.25, 0.3) is 0 Å². The van der Waals surface area contributed by atoms with Crippen molar-refractivity contribution >= 4 is 0 Å². The van der Waals surface area contributed by atoms with Gasteiger partial charge in [0.15, 0.2) is 0 Å². The summed E-state index contributed by atoms with van der Waals surface area (Å²) in [5.41, 5.74) is -0.209. The van der Waals surface area contributed by atoms with Crippen molar-refractivity contribution in [2.75, 3.05) is 13.2 Å². The fraction of sp³-hybridized carbons (Fsp3) is 1.00. The predicted octanol–water partition coefficient (Wildman–Crippen LogP) is 0.898. The summed E-state index contributed by atoms with van der Waals surface area (Å²) >= 11 is 0. The van der Waals surface area contributed by atoms with Gasteiger partial charge in [-0.3, -0.25) is 0 Å². The molecule has 0 fully saturated rings. The average Bonchev–Trinajstić information content (AvgIpc) is 2.03. The van der Waals surface area contributed by atoms with Gasteiger partial charge in [-0.1, -0.05) is 0 Å². The Morgan fingerprint density at radius 1 is 1.23 bits per heavy atom. The quantitative estimate of drug-likeness (QED) is 0.522. The van der Waals surface area contributed by atoms with E-state index in [-0.39, 0.29) is 18.2 Å². The van der Waals surface area contributed by atoms with Gasteiger partial charge in [-0.25, -0.2) is 0 Å². The molecule has 1 atom stereocenters. The molecule has 0 aromatic rings. The van der Waals surface area contributed by atoms with E-state index in [4.69, 9.17) is 5.11 Å². The maximum absolute atomic E-state index is 9.38. The first-order valence-corrected chi connectivity index (χ1v) is 5.04.